The second-order valence-electron chi connectivity index (χ2n) is 3.75. The highest BCUT2D eigenvalue weighted by Crippen LogP contribution is 2.42. The molecule has 0 saturated heterocycles. The van der Waals surface area contributed by atoms with Crippen molar-refractivity contribution in [2.75, 3.05) is 7.11 Å². The fourth-order valence-electron chi connectivity index (χ4n) is 1.96. The Bertz CT molecular complexity index is 466. The van der Waals surface area contributed by atoms with Crippen molar-refractivity contribution < 1.29 is 4.74 Å². The molecular formula is C14H14O. The highest BCUT2D eigenvalue weighted by molar-refractivity contribution is 5.93. The third kappa shape index (κ3) is 1.40. The van der Waals surface area contributed by atoms with E-state index in [9.17, 15) is 0 Å². The summed E-state index contributed by atoms with van der Waals surface area (Å²) in [7, 11) is 1.68. The first-order chi connectivity index (χ1) is 7.15. The molecule has 2 rings (SSSR count). The van der Waals surface area contributed by atoms with E-state index in [1.165, 1.54) is 0 Å². The lowest BCUT2D eigenvalue weighted by atomic mass is 9.82. The van der Waals surface area contributed by atoms with Crippen molar-refractivity contribution in [3.8, 4) is 5.75 Å². The minimum atomic E-state index is 0.784. The number of rotatable bonds is 1. The maximum atomic E-state index is 5.33. The van der Waals surface area contributed by atoms with Crippen LogP contribution in [0.2, 0.25) is 0 Å². The minimum Gasteiger partial charge on any atom is -0.496 e. The zero-order valence-electron chi connectivity index (χ0n) is 8.97. The highest BCUT2D eigenvalue weighted by Gasteiger charge is 2.21. The summed E-state index contributed by atoms with van der Waals surface area (Å²) in [4.78, 5) is 0. The van der Waals surface area contributed by atoms with Crippen LogP contribution in [0.4, 0.5) is 0 Å². The Labute approximate surface area is 90.4 Å². The molecule has 76 valence electrons. The molecule has 1 aromatic rings. The predicted octanol–water partition coefficient (Wildman–Crippen LogP) is 3.68. The topological polar surface area (TPSA) is 9.23 Å². The van der Waals surface area contributed by atoms with Gasteiger partial charge in [0.2, 0.25) is 0 Å². The summed E-state index contributed by atoms with van der Waals surface area (Å²) in [6.07, 6.45) is 0.784. The predicted molar refractivity (Wildman–Crippen MR) is 64.8 cm³/mol. The number of hydrogen-bond acceptors (Lipinski definition) is 1. The average molecular weight is 198 g/mol. The van der Waals surface area contributed by atoms with Crippen molar-refractivity contribution in [1.82, 2.24) is 0 Å². The van der Waals surface area contributed by atoms with Crippen LogP contribution >= 0.6 is 0 Å². The maximum Gasteiger partial charge on any atom is 0.126 e. The molecule has 15 heavy (non-hydrogen) atoms. The van der Waals surface area contributed by atoms with Gasteiger partial charge in [0, 0.05) is 5.56 Å². The summed E-state index contributed by atoms with van der Waals surface area (Å²) in [5.41, 5.74) is 5.27. The SMILES string of the molecule is C=C1CC(=C)c2c(OC)cccc2C1=C. The molecule has 0 bridgehead atoms. The molecule has 0 amide bonds. The fraction of sp³-hybridized carbons (Fsp3) is 0.143. The zero-order valence-corrected chi connectivity index (χ0v) is 8.97. The van der Waals surface area contributed by atoms with E-state index in [-0.39, 0.29) is 0 Å². The standard InChI is InChI=1S/C14H14O/c1-9-8-10(2)14-12(11(9)3)6-5-7-13(14)15-4/h5-7H,1-3,8H2,4H3. The van der Waals surface area contributed by atoms with Crippen LogP contribution in [0.5, 0.6) is 5.75 Å². The first kappa shape index (κ1) is 9.78. The normalized spacial score (nSPS) is 15.1. The van der Waals surface area contributed by atoms with Crippen molar-refractivity contribution >= 4 is 11.1 Å². The highest BCUT2D eigenvalue weighted by atomic mass is 16.5. The molecule has 1 aliphatic carbocycles. The quantitative estimate of drug-likeness (QED) is 0.668. The molecule has 0 unspecified atom stereocenters. The lowest BCUT2D eigenvalue weighted by Crippen LogP contribution is -2.04. The van der Waals surface area contributed by atoms with E-state index >= 15 is 0 Å². The van der Waals surface area contributed by atoms with E-state index in [4.69, 9.17) is 4.74 Å². The van der Waals surface area contributed by atoms with E-state index in [1.54, 1.807) is 7.11 Å². The van der Waals surface area contributed by atoms with Gasteiger partial charge >= 0.3 is 0 Å². The van der Waals surface area contributed by atoms with Crippen molar-refractivity contribution in [3.05, 3.63) is 54.6 Å². The van der Waals surface area contributed by atoms with E-state index in [0.29, 0.717) is 0 Å². The molecule has 1 heteroatoms. The van der Waals surface area contributed by atoms with Crippen molar-refractivity contribution in [3.63, 3.8) is 0 Å². The van der Waals surface area contributed by atoms with Gasteiger partial charge in [0.05, 0.1) is 7.11 Å². The number of methoxy groups -OCH3 is 1. The van der Waals surface area contributed by atoms with Crippen LogP contribution in [0.25, 0.3) is 11.1 Å². The first-order valence-corrected chi connectivity index (χ1v) is 4.87. The van der Waals surface area contributed by atoms with E-state index in [1.807, 2.05) is 18.2 Å². The Hall–Kier alpha value is -1.76. The molecular weight excluding hydrogens is 184 g/mol. The van der Waals surface area contributed by atoms with E-state index in [0.717, 1.165) is 40.0 Å². The maximum absolute atomic E-state index is 5.33. The van der Waals surface area contributed by atoms with E-state index < -0.39 is 0 Å². The van der Waals surface area contributed by atoms with E-state index in [2.05, 4.69) is 19.7 Å². The summed E-state index contributed by atoms with van der Waals surface area (Å²) in [6.45, 7) is 12.1. The van der Waals surface area contributed by atoms with Gasteiger partial charge in [-0.3, -0.25) is 0 Å². The molecule has 0 radical (unpaired) electrons. The van der Waals surface area contributed by atoms with Gasteiger partial charge in [0.25, 0.3) is 0 Å². The van der Waals surface area contributed by atoms with Crippen molar-refractivity contribution in [2.45, 2.75) is 6.42 Å². The summed E-state index contributed by atoms with van der Waals surface area (Å²) in [6, 6.07) is 5.95. The third-order valence-corrected chi connectivity index (χ3v) is 2.78. The number of ether oxygens (including phenoxy) is 1. The van der Waals surface area contributed by atoms with Crippen LogP contribution in [-0.2, 0) is 0 Å². The van der Waals surface area contributed by atoms with Gasteiger partial charge in [-0.15, -0.1) is 0 Å². The summed E-state index contributed by atoms with van der Waals surface area (Å²) in [5, 5.41) is 0. The van der Waals surface area contributed by atoms with Gasteiger partial charge < -0.3 is 4.74 Å². The molecule has 0 aliphatic heterocycles. The van der Waals surface area contributed by atoms with Gasteiger partial charge in [-0.1, -0.05) is 31.9 Å². The zero-order chi connectivity index (χ0) is 11.0. The lowest BCUT2D eigenvalue weighted by Gasteiger charge is -2.24. The van der Waals surface area contributed by atoms with Gasteiger partial charge in [-0.25, -0.2) is 0 Å². The molecule has 1 aliphatic rings. The Balaban J connectivity index is 2.70. The second kappa shape index (κ2) is 3.43. The van der Waals surface area contributed by atoms with Crippen LogP contribution in [0.3, 0.4) is 0 Å². The van der Waals surface area contributed by atoms with Crippen LogP contribution in [0.1, 0.15) is 17.5 Å². The van der Waals surface area contributed by atoms with Crippen LogP contribution in [0, 0.1) is 0 Å². The summed E-state index contributed by atoms with van der Waals surface area (Å²) in [5.74, 6) is 0.867. The molecule has 0 N–H and O–H groups in total. The van der Waals surface area contributed by atoms with Gasteiger partial charge in [0.1, 0.15) is 5.75 Å². The molecule has 0 aromatic heterocycles. The van der Waals surface area contributed by atoms with Crippen molar-refractivity contribution in [1.29, 1.82) is 0 Å². The lowest BCUT2D eigenvalue weighted by molar-refractivity contribution is 0.413. The number of hydrogen-bond donors (Lipinski definition) is 0. The number of fused-ring (bicyclic) bond motifs is 1. The smallest absolute Gasteiger partial charge is 0.126 e. The molecule has 0 atom stereocenters. The van der Waals surface area contributed by atoms with Crippen LogP contribution < -0.4 is 4.74 Å². The Kier molecular flexibility index (Phi) is 2.24. The Morgan fingerprint density at radius 2 is 1.87 bits per heavy atom. The minimum absolute atomic E-state index is 0.784. The molecule has 0 saturated carbocycles. The van der Waals surface area contributed by atoms with Gasteiger partial charge in [0.15, 0.2) is 0 Å². The Morgan fingerprint density at radius 1 is 1.13 bits per heavy atom. The first-order valence-electron chi connectivity index (χ1n) is 4.87. The molecule has 0 spiro atoms. The monoisotopic (exact) mass is 198 g/mol. The molecule has 1 nitrogen and oxygen atoms in total. The number of allylic oxidation sites excluding steroid dienone is 3. The average Bonchev–Trinajstić information content (AvgIpc) is 2.25. The molecule has 1 aromatic carbocycles. The fourth-order valence-corrected chi connectivity index (χ4v) is 1.96. The molecule has 0 fully saturated rings. The second-order valence-corrected chi connectivity index (χ2v) is 3.75. The van der Waals surface area contributed by atoms with Gasteiger partial charge in [-0.05, 0) is 34.8 Å². The molecule has 0 heterocycles. The largest absolute Gasteiger partial charge is 0.496 e. The summed E-state index contributed by atoms with van der Waals surface area (Å²) >= 11 is 0. The van der Waals surface area contributed by atoms with Crippen LogP contribution in [-0.4, -0.2) is 7.11 Å². The van der Waals surface area contributed by atoms with Crippen molar-refractivity contribution in [2.24, 2.45) is 0 Å². The Morgan fingerprint density at radius 3 is 2.53 bits per heavy atom. The van der Waals surface area contributed by atoms with Crippen LogP contribution in [0.15, 0.2) is 43.5 Å². The number of benzene rings is 1. The summed E-state index contributed by atoms with van der Waals surface area (Å²) < 4.78 is 5.33. The van der Waals surface area contributed by atoms with Gasteiger partial charge in [-0.2, -0.15) is 0 Å². The third-order valence-electron chi connectivity index (χ3n) is 2.78.